The van der Waals surface area contributed by atoms with Crippen molar-refractivity contribution in [1.29, 1.82) is 0 Å². The molecule has 7 nitrogen and oxygen atoms in total. The van der Waals surface area contributed by atoms with Gasteiger partial charge in [-0.15, -0.1) is 0 Å². The minimum Gasteiger partial charge on any atom is -0.326 e. The Morgan fingerprint density at radius 3 is 2.28 bits per heavy atom. The van der Waals surface area contributed by atoms with Crippen LogP contribution in [0.5, 0.6) is 0 Å². The van der Waals surface area contributed by atoms with Gasteiger partial charge in [0.2, 0.25) is 21.8 Å². The Kier molecular flexibility index (Phi) is 6.56. The Hall–Kier alpha value is -2.42. The number of halogens is 1. The predicted molar refractivity (Wildman–Crippen MR) is 112 cm³/mol. The second kappa shape index (κ2) is 8.94. The fourth-order valence-electron chi connectivity index (χ4n) is 3.23. The maximum atomic E-state index is 12.7. The Morgan fingerprint density at radius 2 is 1.69 bits per heavy atom. The normalized spacial score (nSPS) is 15.7. The molecule has 2 aromatic rings. The second-order valence-corrected chi connectivity index (χ2v) is 9.20. The summed E-state index contributed by atoms with van der Waals surface area (Å²) >= 11 is 6.19. The molecule has 154 valence electrons. The lowest BCUT2D eigenvalue weighted by molar-refractivity contribution is -0.121. The SMILES string of the molecule is CC(=O)Nc1ccc(NC(=O)C2CCN(S(=O)(=O)c3ccccc3)CC2)c(Cl)c1. The molecule has 0 aliphatic carbocycles. The summed E-state index contributed by atoms with van der Waals surface area (Å²) in [6.07, 6.45) is 0.860. The molecule has 1 aliphatic heterocycles. The van der Waals surface area contributed by atoms with E-state index in [-0.39, 0.29) is 35.7 Å². The third kappa shape index (κ3) is 5.14. The lowest BCUT2D eigenvalue weighted by Crippen LogP contribution is -2.41. The van der Waals surface area contributed by atoms with Crippen LogP contribution in [-0.2, 0) is 19.6 Å². The number of amides is 2. The molecule has 9 heteroatoms. The van der Waals surface area contributed by atoms with Crippen molar-refractivity contribution in [2.24, 2.45) is 5.92 Å². The van der Waals surface area contributed by atoms with Crippen molar-refractivity contribution < 1.29 is 18.0 Å². The van der Waals surface area contributed by atoms with E-state index in [0.717, 1.165) is 0 Å². The summed E-state index contributed by atoms with van der Waals surface area (Å²) in [5.41, 5.74) is 0.991. The smallest absolute Gasteiger partial charge is 0.243 e. The monoisotopic (exact) mass is 435 g/mol. The van der Waals surface area contributed by atoms with Gasteiger partial charge >= 0.3 is 0 Å². The molecule has 0 aromatic heterocycles. The highest BCUT2D eigenvalue weighted by molar-refractivity contribution is 7.89. The number of nitrogens with zero attached hydrogens (tertiary/aromatic N) is 1. The summed E-state index contributed by atoms with van der Waals surface area (Å²) in [5.74, 6) is -0.714. The van der Waals surface area contributed by atoms with E-state index < -0.39 is 10.0 Å². The lowest BCUT2D eigenvalue weighted by Gasteiger charge is -2.30. The molecule has 3 rings (SSSR count). The molecule has 1 heterocycles. The van der Waals surface area contributed by atoms with Gasteiger partial charge in [0, 0.05) is 31.6 Å². The molecular weight excluding hydrogens is 414 g/mol. The predicted octanol–water partition coefficient (Wildman–Crippen LogP) is 3.34. The number of sulfonamides is 1. The molecule has 0 atom stereocenters. The molecule has 0 saturated carbocycles. The maximum absolute atomic E-state index is 12.7. The zero-order valence-corrected chi connectivity index (χ0v) is 17.5. The first-order valence-corrected chi connectivity index (χ1v) is 11.0. The number of nitrogens with one attached hydrogen (secondary N) is 2. The molecule has 2 N–H and O–H groups in total. The quantitative estimate of drug-likeness (QED) is 0.752. The van der Waals surface area contributed by atoms with E-state index in [4.69, 9.17) is 11.6 Å². The summed E-state index contributed by atoms with van der Waals surface area (Å²) in [6, 6.07) is 13.1. The molecule has 29 heavy (non-hydrogen) atoms. The molecule has 1 fully saturated rings. The van der Waals surface area contributed by atoms with Crippen LogP contribution >= 0.6 is 11.6 Å². The summed E-state index contributed by atoms with van der Waals surface area (Å²) in [7, 11) is -3.55. The van der Waals surface area contributed by atoms with E-state index in [9.17, 15) is 18.0 Å². The third-order valence-corrected chi connectivity index (χ3v) is 6.98. The Balaban J connectivity index is 1.60. The molecular formula is C20H22ClN3O4S. The first-order valence-electron chi connectivity index (χ1n) is 9.20. The molecule has 0 radical (unpaired) electrons. The van der Waals surface area contributed by atoms with Crippen LogP contribution in [0, 0.1) is 5.92 Å². The highest BCUT2D eigenvalue weighted by atomic mass is 35.5. The van der Waals surface area contributed by atoms with Gasteiger partial charge in [-0.25, -0.2) is 8.42 Å². The molecule has 0 unspecified atom stereocenters. The van der Waals surface area contributed by atoms with Gasteiger partial charge in [0.05, 0.1) is 15.6 Å². The minimum absolute atomic E-state index is 0.198. The Bertz CT molecular complexity index is 1000. The van der Waals surface area contributed by atoms with Crippen molar-refractivity contribution in [3.05, 3.63) is 53.6 Å². The molecule has 2 amide bonds. The van der Waals surface area contributed by atoms with E-state index in [1.165, 1.54) is 11.2 Å². The molecule has 1 saturated heterocycles. The van der Waals surface area contributed by atoms with Crippen molar-refractivity contribution in [1.82, 2.24) is 4.31 Å². The van der Waals surface area contributed by atoms with Gasteiger partial charge in [-0.2, -0.15) is 4.31 Å². The van der Waals surface area contributed by atoms with Gasteiger partial charge in [-0.1, -0.05) is 29.8 Å². The largest absolute Gasteiger partial charge is 0.326 e. The van der Waals surface area contributed by atoms with Crippen molar-refractivity contribution in [3.63, 3.8) is 0 Å². The highest BCUT2D eigenvalue weighted by Crippen LogP contribution is 2.28. The standard InChI is InChI=1S/C20H22ClN3O4S/c1-14(25)22-16-7-8-19(18(21)13-16)23-20(26)15-9-11-24(12-10-15)29(27,28)17-5-3-2-4-6-17/h2-8,13,15H,9-12H2,1H3,(H,22,25)(H,23,26). The first-order chi connectivity index (χ1) is 13.8. The third-order valence-electron chi connectivity index (χ3n) is 4.75. The van der Waals surface area contributed by atoms with E-state index in [0.29, 0.717) is 29.2 Å². The number of hydrogen-bond donors (Lipinski definition) is 2. The number of rotatable bonds is 5. The number of carbonyl (C=O) groups is 2. The number of carbonyl (C=O) groups excluding carboxylic acids is 2. The Labute approximate surface area is 175 Å². The summed E-state index contributed by atoms with van der Waals surface area (Å²) in [4.78, 5) is 24.0. The number of piperidine rings is 1. The van der Waals surface area contributed by atoms with Gasteiger partial charge in [-0.05, 0) is 43.2 Å². The van der Waals surface area contributed by atoms with Crippen LogP contribution in [0.25, 0.3) is 0 Å². The topological polar surface area (TPSA) is 95.6 Å². The fraction of sp³-hybridized carbons (Fsp3) is 0.300. The van der Waals surface area contributed by atoms with Crippen molar-refractivity contribution >= 4 is 44.8 Å². The van der Waals surface area contributed by atoms with E-state index in [1.807, 2.05) is 0 Å². The fourth-order valence-corrected chi connectivity index (χ4v) is 4.95. The van der Waals surface area contributed by atoms with Crippen molar-refractivity contribution in [3.8, 4) is 0 Å². The number of benzene rings is 2. The van der Waals surface area contributed by atoms with Crippen LogP contribution in [0.3, 0.4) is 0 Å². The zero-order chi connectivity index (χ0) is 21.0. The van der Waals surface area contributed by atoms with Gasteiger partial charge in [0.15, 0.2) is 0 Å². The van der Waals surface area contributed by atoms with E-state index in [1.54, 1.807) is 48.5 Å². The second-order valence-electron chi connectivity index (χ2n) is 6.86. The first kappa shape index (κ1) is 21.3. The van der Waals surface area contributed by atoms with Gasteiger partial charge in [0.25, 0.3) is 0 Å². The van der Waals surface area contributed by atoms with Gasteiger partial charge in [-0.3, -0.25) is 9.59 Å². The van der Waals surface area contributed by atoms with E-state index in [2.05, 4.69) is 10.6 Å². The molecule has 0 spiro atoms. The van der Waals surface area contributed by atoms with Crippen LogP contribution < -0.4 is 10.6 Å². The van der Waals surface area contributed by atoms with Crippen LogP contribution in [-0.4, -0.2) is 37.6 Å². The van der Waals surface area contributed by atoms with Crippen LogP contribution in [0.15, 0.2) is 53.4 Å². The van der Waals surface area contributed by atoms with Crippen molar-refractivity contribution in [2.45, 2.75) is 24.7 Å². The molecule has 1 aliphatic rings. The average Bonchev–Trinajstić information content (AvgIpc) is 2.70. The summed E-state index contributed by atoms with van der Waals surface area (Å²) in [5, 5.41) is 5.73. The van der Waals surface area contributed by atoms with Gasteiger partial charge < -0.3 is 10.6 Å². The van der Waals surface area contributed by atoms with Crippen LogP contribution in [0.2, 0.25) is 5.02 Å². The van der Waals surface area contributed by atoms with Crippen LogP contribution in [0.1, 0.15) is 19.8 Å². The van der Waals surface area contributed by atoms with Crippen LogP contribution in [0.4, 0.5) is 11.4 Å². The minimum atomic E-state index is -3.55. The average molecular weight is 436 g/mol. The molecule has 2 aromatic carbocycles. The number of anilines is 2. The lowest BCUT2D eigenvalue weighted by atomic mass is 9.97. The zero-order valence-electron chi connectivity index (χ0n) is 15.9. The Morgan fingerprint density at radius 1 is 1.03 bits per heavy atom. The number of hydrogen-bond acceptors (Lipinski definition) is 4. The van der Waals surface area contributed by atoms with Crippen molar-refractivity contribution in [2.75, 3.05) is 23.7 Å². The van der Waals surface area contributed by atoms with Gasteiger partial charge in [0.1, 0.15) is 0 Å². The summed E-state index contributed by atoms with van der Waals surface area (Å²) in [6.45, 7) is 1.96. The highest BCUT2D eigenvalue weighted by Gasteiger charge is 2.32. The maximum Gasteiger partial charge on any atom is 0.243 e. The van der Waals surface area contributed by atoms with E-state index >= 15 is 0 Å². The molecule has 0 bridgehead atoms. The summed E-state index contributed by atoms with van der Waals surface area (Å²) < 4.78 is 26.8.